The first-order valence-electron chi connectivity index (χ1n) is 6.37. The van der Waals surface area contributed by atoms with Gasteiger partial charge >= 0.3 is 0 Å². The van der Waals surface area contributed by atoms with E-state index in [0.29, 0.717) is 10.0 Å². The van der Waals surface area contributed by atoms with Crippen LogP contribution in [0.25, 0.3) is 6.08 Å². The van der Waals surface area contributed by atoms with Crippen LogP contribution >= 0.6 is 23.2 Å². The van der Waals surface area contributed by atoms with Crippen molar-refractivity contribution in [3.8, 4) is 0 Å². The van der Waals surface area contributed by atoms with E-state index >= 15 is 0 Å². The predicted molar refractivity (Wildman–Crippen MR) is 88.8 cm³/mol. The van der Waals surface area contributed by atoms with Gasteiger partial charge in [-0.15, -0.1) is 0 Å². The summed E-state index contributed by atoms with van der Waals surface area (Å²) in [6.45, 7) is 1.97. The Kier molecular flexibility index (Phi) is 5.40. The molecule has 0 amide bonds. The minimum Gasteiger partial charge on any atom is -0.285 e. The van der Waals surface area contributed by atoms with Gasteiger partial charge in [0.05, 0.1) is 6.04 Å². The van der Waals surface area contributed by atoms with Crippen LogP contribution in [-0.2, 0) is 0 Å². The van der Waals surface area contributed by atoms with Gasteiger partial charge in [0.25, 0.3) is 0 Å². The van der Waals surface area contributed by atoms with Crippen molar-refractivity contribution in [3.63, 3.8) is 0 Å². The number of aliphatic imine (C=N–C) groups is 1. The molecule has 0 aromatic heterocycles. The summed E-state index contributed by atoms with van der Waals surface area (Å²) in [5, 5.41) is 1.29. The van der Waals surface area contributed by atoms with Crippen LogP contribution in [0.1, 0.15) is 24.1 Å². The molecule has 2 rings (SSSR count). The number of hydrogen-bond donors (Lipinski definition) is 0. The highest BCUT2D eigenvalue weighted by atomic mass is 35.5. The van der Waals surface area contributed by atoms with Crippen LogP contribution in [0.2, 0.25) is 10.0 Å². The standard InChI is InChI=1S/C17H15Cl2N/c1-13(17-15(18)10-5-11-16(17)19)20-12-6-9-14-7-3-2-4-8-14/h2-13H,1H3/b9-6+,20-12?. The molecule has 0 N–H and O–H groups in total. The first-order chi connectivity index (χ1) is 9.68. The van der Waals surface area contributed by atoms with Crippen LogP contribution in [0, 0.1) is 0 Å². The van der Waals surface area contributed by atoms with Crippen molar-refractivity contribution in [1.29, 1.82) is 0 Å². The third-order valence-electron chi connectivity index (χ3n) is 2.90. The maximum atomic E-state index is 6.16. The SMILES string of the molecule is CC(N=C/C=C/c1ccccc1)c1c(Cl)cccc1Cl. The smallest absolute Gasteiger partial charge is 0.0749 e. The Balaban J connectivity index is 2.06. The van der Waals surface area contributed by atoms with Crippen LogP contribution in [0.15, 0.2) is 59.6 Å². The summed E-state index contributed by atoms with van der Waals surface area (Å²) in [5.74, 6) is 0. The first kappa shape index (κ1) is 14.8. The van der Waals surface area contributed by atoms with Gasteiger partial charge in [-0.25, -0.2) is 0 Å². The lowest BCUT2D eigenvalue weighted by molar-refractivity contribution is 0.826. The number of allylic oxidation sites excluding steroid dienone is 1. The van der Waals surface area contributed by atoms with E-state index in [1.165, 1.54) is 0 Å². The van der Waals surface area contributed by atoms with Crippen molar-refractivity contribution >= 4 is 35.5 Å². The zero-order chi connectivity index (χ0) is 14.4. The second-order valence-electron chi connectivity index (χ2n) is 4.38. The Morgan fingerprint density at radius 1 is 0.950 bits per heavy atom. The molecule has 0 bridgehead atoms. The molecule has 0 fully saturated rings. The lowest BCUT2D eigenvalue weighted by Crippen LogP contribution is -1.92. The van der Waals surface area contributed by atoms with Gasteiger partial charge in [-0.1, -0.05) is 65.7 Å². The molecule has 0 radical (unpaired) electrons. The third-order valence-corrected chi connectivity index (χ3v) is 3.56. The fourth-order valence-electron chi connectivity index (χ4n) is 1.88. The minimum atomic E-state index is -0.0726. The van der Waals surface area contributed by atoms with Gasteiger partial charge < -0.3 is 0 Å². The lowest BCUT2D eigenvalue weighted by Gasteiger charge is -2.10. The highest BCUT2D eigenvalue weighted by Crippen LogP contribution is 2.31. The van der Waals surface area contributed by atoms with Crippen molar-refractivity contribution in [2.75, 3.05) is 0 Å². The van der Waals surface area contributed by atoms with Crippen molar-refractivity contribution in [2.24, 2.45) is 4.99 Å². The van der Waals surface area contributed by atoms with E-state index in [2.05, 4.69) is 4.99 Å². The van der Waals surface area contributed by atoms with Gasteiger partial charge in [-0.3, -0.25) is 4.99 Å². The molecule has 1 unspecified atom stereocenters. The fraction of sp³-hybridized carbons (Fsp3) is 0.118. The molecule has 0 saturated carbocycles. The lowest BCUT2D eigenvalue weighted by atomic mass is 10.1. The summed E-state index contributed by atoms with van der Waals surface area (Å²) >= 11 is 12.3. The van der Waals surface area contributed by atoms with E-state index < -0.39 is 0 Å². The Bertz CT molecular complexity index is 598. The van der Waals surface area contributed by atoms with Gasteiger partial charge in [-0.05, 0) is 30.7 Å². The second-order valence-corrected chi connectivity index (χ2v) is 5.19. The zero-order valence-electron chi connectivity index (χ0n) is 11.1. The Labute approximate surface area is 129 Å². The molecule has 1 nitrogen and oxygen atoms in total. The summed E-state index contributed by atoms with van der Waals surface area (Å²) < 4.78 is 0. The van der Waals surface area contributed by atoms with Crippen LogP contribution in [-0.4, -0.2) is 6.21 Å². The van der Waals surface area contributed by atoms with E-state index in [-0.39, 0.29) is 6.04 Å². The quantitative estimate of drug-likeness (QED) is 0.629. The number of halogens is 2. The first-order valence-corrected chi connectivity index (χ1v) is 7.13. The predicted octanol–water partition coefficient (Wildman–Crippen LogP) is 5.84. The topological polar surface area (TPSA) is 12.4 Å². The fourth-order valence-corrected chi connectivity index (χ4v) is 2.59. The van der Waals surface area contributed by atoms with E-state index in [1.807, 2.05) is 67.6 Å². The average Bonchev–Trinajstić information content (AvgIpc) is 2.44. The van der Waals surface area contributed by atoms with Gasteiger partial charge in [0.15, 0.2) is 0 Å². The Hall–Kier alpha value is -1.57. The summed E-state index contributed by atoms with van der Waals surface area (Å²) in [4.78, 5) is 4.45. The maximum Gasteiger partial charge on any atom is 0.0749 e. The molecule has 2 aromatic carbocycles. The molecule has 0 saturated heterocycles. The second kappa shape index (κ2) is 7.28. The molecular formula is C17H15Cl2N. The molecule has 0 aliphatic carbocycles. The molecular weight excluding hydrogens is 289 g/mol. The summed E-state index contributed by atoms with van der Waals surface area (Å²) in [7, 11) is 0. The van der Waals surface area contributed by atoms with Crippen LogP contribution in [0.5, 0.6) is 0 Å². The van der Waals surface area contributed by atoms with E-state index in [0.717, 1.165) is 11.1 Å². The molecule has 2 aromatic rings. The Morgan fingerprint density at radius 3 is 2.25 bits per heavy atom. The molecule has 0 aliphatic rings. The summed E-state index contributed by atoms with van der Waals surface area (Å²) in [6, 6.07) is 15.5. The molecule has 0 aliphatic heterocycles. The average molecular weight is 304 g/mol. The van der Waals surface area contributed by atoms with Crippen molar-refractivity contribution in [1.82, 2.24) is 0 Å². The van der Waals surface area contributed by atoms with Gasteiger partial charge in [0.2, 0.25) is 0 Å². The molecule has 102 valence electrons. The summed E-state index contributed by atoms with van der Waals surface area (Å²) in [5.41, 5.74) is 2.00. The minimum absolute atomic E-state index is 0.0726. The molecule has 1 atom stereocenters. The highest BCUT2D eigenvalue weighted by molar-refractivity contribution is 6.36. The number of hydrogen-bond acceptors (Lipinski definition) is 1. The monoisotopic (exact) mass is 303 g/mol. The largest absolute Gasteiger partial charge is 0.285 e. The third kappa shape index (κ3) is 3.96. The van der Waals surface area contributed by atoms with Crippen LogP contribution in [0.3, 0.4) is 0 Å². The normalized spacial score (nSPS) is 13.2. The van der Waals surface area contributed by atoms with Crippen LogP contribution in [0.4, 0.5) is 0 Å². The number of nitrogens with zero attached hydrogens (tertiary/aromatic N) is 1. The van der Waals surface area contributed by atoms with Gasteiger partial charge in [0.1, 0.15) is 0 Å². The molecule has 0 heterocycles. The number of rotatable bonds is 4. The molecule has 0 spiro atoms. The zero-order valence-corrected chi connectivity index (χ0v) is 12.6. The van der Waals surface area contributed by atoms with E-state index in [1.54, 1.807) is 6.21 Å². The van der Waals surface area contributed by atoms with Gasteiger partial charge in [0, 0.05) is 21.8 Å². The van der Waals surface area contributed by atoms with E-state index in [9.17, 15) is 0 Å². The maximum absolute atomic E-state index is 6.16. The highest BCUT2D eigenvalue weighted by Gasteiger charge is 2.11. The number of benzene rings is 2. The van der Waals surface area contributed by atoms with Gasteiger partial charge in [-0.2, -0.15) is 0 Å². The van der Waals surface area contributed by atoms with Crippen LogP contribution < -0.4 is 0 Å². The molecule has 20 heavy (non-hydrogen) atoms. The van der Waals surface area contributed by atoms with Crippen molar-refractivity contribution in [3.05, 3.63) is 75.8 Å². The molecule has 3 heteroatoms. The van der Waals surface area contributed by atoms with Crippen molar-refractivity contribution < 1.29 is 0 Å². The Morgan fingerprint density at radius 2 is 1.60 bits per heavy atom. The summed E-state index contributed by atoms with van der Waals surface area (Å²) in [6.07, 6.45) is 5.69. The van der Waals surface area contributed by atoms with E-state index in [4.69, 9.17) is 23.2 Å². The van der Waals surface area contributed by atoms with Crippen molar-refractivity contribution in [2.45, 2.75) is 13.0 Å².